The molecule has 0 saturated heterocycles. The molecule has 0 aromatic carbocycles. The third-order valence-corrected chi connectivity index (χ3v) is 4.40. The summed E-state index contributed by atoms with van der Waals surface area (Å²) in [5.74, 6) is -46.3. The molecule has 4 nitrogen and oxygen atoms in total. The maximum absolute atomic E-state index is 13.6. The second kappa shape index (κ2) is 9.84. The van der Waals surface area contributed by atoms with Gasteiger partial charge in [0.25, 0.3) is 0 Å². The molecule has 1 aromatic rings. The van der Waals surface area contributed by atoms with E-state index in [0.717, 1.165) is 18.2 Å². The lowest BCUT2D eigenvalue weighted by Gasteiger charge is -2.40. The molecule has 0 unspecified atom stereocenters. The molecule has 1 aromatic heterocycles. The normalized spacial score (nSPS) is 15.2. The number of nitrogens with zero attached hydrogens (tertiary/aromatic N) is 1. The topological polar surface area (TPSA) is 61.1 Å². The van der Waals surface area contributed by atoms with Crippen LogP contribution in [-0.2, 0) is 16.7 Å². The molecule has 0 spiro atoms. The number of alkyl halides is 18. The van der Waals surface area contributed by atoms with Gasteiger partial charge in [-0.3, -0.25) is 0 Å². The average molecular weight is 611 g/mol. The molecule has 37 heavy (non-hydrogen) atoms. The molecule has 0 aliphatic heterocycles. The third kappa shape index (κ3) is 6.28. The van der Waals surface area contributed by atoms with Crippen molar-refractivity contribution in [3.8, 4) is 0 Å². The van der Waals surface area contributed by atoms with Crippen LogP contribution in [0.4, 0.5) is 79.0 Å². The van der Waals surface area contributed by atoms with E-state index in [4.69, 9.17) is 13.0 Å². The summed E-state index contributed by atoms with van der Waals surface area (Å²) in [5, 5.41) is 0. The second-order valence-corrected chi connectivity index (χ2v) is 7.89. The van der Waals surface area contributed by atoms with E-state index in [2.05, 4.69) is 0 Å². The predicted molar refractivity (Wildman–Crippen MR) is 78.1 cm³/mol. The van der Waals surface area contributed by atoms with Crippen LogP contribution in [-0.4, -0.2) is 60.2 Å². The molecule has 0 radical (unpaired) electrons. The van der Waals surface area contributed by atoms with Crippen molar-refractivity contribution in [2.24, 2.45) is 0 Å². The molecule has 1 rings (SSSR count). The van der Waals surface area contributed by atoms with E-state index >= 15 is 0 Å². The van der Waals surface area contributed by atoms with Crippen LogP contribution < -0.4 is 4.57 Å². The summed E-state index contributed by atoms with van der Waals surface area (Å²) >= 11 is 0. The van der Waals surface area contributed by atoms with Crippen LogP contribution >= 0.6 is 0 Å². The molecule has 0 bridgehead atoms. The van der Waals surface area contributed by atoms with E-state index in [9.17, 15) is 79.0 Å². The van der Waals surface area contributed by atoms with Gasteiger partial charge in [-0.15, -0.1) is 0 Å². The number of rotatable bonds is 7. The molecular weight excluding hydrogens is 604 g/mol. The van der Waals surface area contributed by atoms with Crippen molar-refractivity contribution in [3.05, 3.63) is 30.6 Å². The number of pyridine rings is 1. The number of aromatic nitrogens is 1. The fourth-order valence-corrected chi connectivity index (χ4v) is 1.87. The summed E-state index contributed by atoms with van der Waals surface area (Å²) in [5.41, 5.74) is -5.65. The van der Waals surface area contributed by atoms with Crippen LogP contribution in [0.5, 0.6) is 0 Å². The van der Waals surface area contributed by atoms with Crippen LogP contribution in [0.2, 0.25) is 0 Å². The second-order valence-electron chi connectivity index (χ2n) is 6.52. The van der Waals surface area contributed by atoms with Crippen LogP contribution in [0, 0.1) is 0 Å². The molecule has 0 atom stereocenters. The minimum absolute atomic E-state index is 0.0184. The van der Waals surface area contributed by atoms with Gasteiger partial charge in [0.2, 0.25) is 6.54 Å². The van der Waals surface area contributed by atoms with Crippen molar-refractivity contribution in [1.29, 1.82) is 0 Å². The van der Waals surface area contributed by atoms with Crippen molar-refractivity contribution in [3.63, 3.8) is 0 Å². The Morgan fingerprint density at radius 3 is 1.14 bits per heavy atom. The zero-order valence-corrected chi connectivity index (χ0v) is 17.3. The number of halogens is 18. The Bertz CT molecular complexity index is 1020. The average Bonchev–Trinajstić information content (AvgIpc) is 2.65. The van der Waals surface area contributed by atoms with Crippen LogP contribution in [0.1, 0.15) is 0 Å². The quantitative estimate of drug-likeness (QED) is 0.180. The van der Waals surface area contributed by atoms with Crippen molar-refractivity contribution in [1.82, 2.24) is 0 Å². The molecule has 218 valence electrons. The molecule has 0 aliphatic carbocycles. The highest BCUT2D eigenvalue weighted by Crippen LogP contribution is 2.62. The lowest BCUT2D eigenvalue weighted by molar-refractivity contribution is -0.719. The smallest absolute Gasteiger partial charge is 0.485 e. The maximum Gasteiger partial charge on any atom is 0.485 e. The van der Waals surface area contributed by atoms with Crippen molar-refractivity contribution in [2.45, 2.75) is 53.8 Å². The van der Waals surface area contributed by atoms with Gasteiger partial charge in [0.15, 0.2) is 22.5 Å². The summed E-state index contributed by atoms with van der Waals surface area (Å²) < 4.78 is 254. The molecule has 0 N–H and O–H groups in total. The maximum atomic E-state index is 13.6. The highest BCUT2D eigenvalue weighted by Gasteiger charge is 2.93. The molecular formula is C14H7F18NO3S. The first-order chi connectivity index (χ1) is 15.8. The van der Waals surface area contributed by atoms with Crippen molar-refractivity contribution >= 4 is 10.1 Å². The van der Waals surface area contributed by atoms with Crippen LogP contribution in [0.3, 0.4) is 0 Å². The summed E-state index contributed by atoms with van der Waals surface area (Å²) in [6.45, 7) is -2.53. The standard InChI is InChI=1S/C13H7F15N.CHF3O3S/c14-7(15,6-29-4-2-1-3-5-29)8(16,17)9(18,19)10(20,21)11(22,23)12(24,25)13(26,27)28;2-1(3,4)8(5,6)7/h1-5H,6H2;(H,5,6,7)/q+1;/p-1. The Balaban J connectivity index is 0.00000139. The summed E-state index contributed by atoms with van der Waals surface area (Å²) in [4.78, 5) is 0. The third-order valence-electron chi connectivity index (χ3n) is 3.83. The molecule has 0 saturated carbocycles. The van der Waals surface area contributed by atoms with Gasteiger partial charge in [-0.05, 0) is 0 Å². The van der Waals surface area contributed by atoms with Gasteiger partial charge in [-0.1, -0.05) is 6.07 Å². The fourth-order valence-electron chi connectivity index (χ4n) is 1.87. The molecule has 0 aliphatic rings. The lowest BCUT2D eigenvalue weighted by Crippen LogP contribution is -2.73. The van der Waals surface area contributed by atoms with E-state index in [-0.39, 0.29) is 4.57 Å². The van der Waals surface area contributed by atoms with E-state index in [1.54, 1.807) is 0 Å². The Labute approximate surface area is 192 Å². The van der Waals surface area contributed by atoms with Crippen molar-refractivity contribution in [2.75, 3.05) is 0 Å². The van der Waals surface area contributed by atoms with Gasteiger partial charge in [0, 0.05) is 12.1 Å². The first-order valence-electron chi connectivity index (χ1n) is 8.13. The summed E-state index contributed by atoms with van der Waals surface area (Å²) in [6.07, 6.45) is -6.53. The zero-order valence-electron chi connectivity index (χ0n) is 16.5. The highest BCUT2D eigenvalue weighted by atomic mass is 32.2. The largest absolute Gasteiger partial charge is 0.741 e. The molecule has 23 heteroatoms. The van der Waals surface area contributed by atoms with Crippen LogP contribution in [0.25, 0.3) is 0 Å². The van der Waals surface area contributed by atoms with E-state index in [0.29, 0.717) is 12.4 Å². The predicted octanol–water partition coefficient (Wildman–Crippen LogP) is 5.40. The van der Waals surface area contributed by atoms with Crippen LogP contribution in [0.15, 0.2) is 30.6 Å². The van der Waals surface area contributed by atoms with Gasteiger partial charge < -0.3 is 4.55 Å². The highest BCUT2D eigenvalue weighted by molar-refractivity contribution is 7.86. The van der Waals surface area contributed by atoms with Crippen molar-refractivity contribution < 1.29 is 96.6 Å². The van der Waals surface area contributed by atoms with E-state index in [1.807, 2.05) is 0 Å². The number of hydrogen-bond acceptors (Lipinski definition) is 3. The first kappa shape index (κ1) is 34.8. The lowest BCUT2D eigenvalue weighted by atomic mass is 9.91. The first-order valence-corrected chi connectivity index (χ1v) is 9.53. The number of hydrogen-bond donors (Lipinski definition) is 0. The van der Waals surface area contributed by atoms with Gasteiger partial charge in [0.1, 0.15) is 0 Å². The van der Waals surface area contributed by atoms with Gasteiger partial charge in [0.05, 0.1) is 0 Å². The SMILES string of the molecule is FC(F)(F)C(F)(F)C(F)(F)C(F)(F)C(F)(F)C(F)(F)C(F)(F)C[n+]1ccccc1.O=S(=O)([O-])C(F)(F)F. The van der Waals surface area contributed by atoms with E-state index < -0.39 is 63.9 Å². The van der Waals surface area contributed by atoms with E-state index in [1.165, 1.54) is 0 Å². The molecule has 1 heterocycles. The fraction of sp³-hybridized carbons (Fsp3) is 0.643. The Hall–Kier alpha value is -2.20. The minimum atomic E-state index is -8.26. The minimum Gasteiger partial charge on any atom is -0.741 e. The monoisotopic (exact) mass is 611 g/mol. The Morgan fingerprint density at radius 1 is 0.541 bits per heavy atom. The summed E-state index contributed by atoms with van der Waals surface area (Å²) in [6, 6.07) is 2.85. The molecule has 0 amide bonds. The Morgan fingerprint density at radius 2 is 0.838 bits per heavy atom. The van der Waals surface area contributed by atoms with Gasteiger partial charge in [-0.2, -0.15) is 83.6 Å². The summed E-state index contributed by atoms with van der Waals surface area (Å²) in [7, 11) is -6.09. The van der Waals surface area contributed by atoms with Gasteiger partial charge >= 0.3 is 47.2 Å². The van der Waals surface area contributed by atoms with Gasteiger partial charge in [-0.25, -0.2) is 8.42 Å². The molecule has 0 fully saturated rings. The Kier molecular flexibility index (Phi) is 9.25. The zero-order chi connectivity index (χ0) is 30.3.